The second-order valence-electron chi connectivity index (χ2n) is 3.98. The van der Waals surface area contributed by atoms with E-state index in [0.717, 1.165) is 5.75 Å². The average molecular weight is 223 g/mol. The average Bonchev–Trinajstić information content (AvgIpc) is 2.20. The van der Waals surface area contributed by atoms with Gasteiger partial charge in [0.15, 0.2) is 0 Å². The molecule has 0 heterocycles. The number of aryl methyl sites for hydroxylation is 1. The number of nitrogens with zero attached hydrogens (tertiary/aromatic N) is 1. The quantitative estimate of drug-likeness (QED) is 0.681. The lowest BCUT2D eigenvalue weighted by molar-refractivity contribution is 0.400. The molecular weight excluding hydrogens is 202 g/mol. The predicted octanol–water partition coefficient (Wildman–Crippen LogP) is 3.29. The molecule has 0 unspecified atom stereocenters. The van der Waals surface area contributed by atoms with Crippen molar-refractivity contribution < 1.29 is 0 Å². The van der Waals surface area contributed by atoms with Crippen molar-refractivity contribution in [2.45, 2.75) is 24.7 Å². The molecule has 84 valence electrons. The molecule has 0 aromatic heterocycles. The van der Waals surface area contributed by atoms with Crippen molar-refractivity contribution in [2.75, 3.05) is 26.4 Å². The Balaban J connectivity index is 2.36. The molecule has 0 aliphatic carbocycles. The van der Waals surface area contributed by atoms with Crippen LogP contribution in [-0.2, 0) is 6.42 Å². The first-order chi connectivity index (χ1) is 7.22. The van der Waals surface area contributed by atoms with E-state index >= 15 is 0 Å². The number of hydrogen-bond donors (Lipinski definition) is 0. The van der Waals surface area contributed by atoms with Crippen molar-refractivity contribution in [2.24, 2.45) is 0 Å². The van der Waals surface area contributed by atoms with Gasteiger partial charge in [-0.15, -0.1) is 11.8 Å². The Morgan fingerprint density at radius 3 is 2.33 bits per heavy atom. The molecule has 0 saturated heterocycles. The Bertz CT molecular complexity index is 266. The number of benzene rings is 1. The summed E-state index contributed by atoms with van der Waals surface area (Å²) in [6, 6.07) is 8.99. The summed E-state index contributed by atoms with van der Waals surface area (Å²) in [6.07, 6.45) is 2.43. The second-order valence-corrected chi connectivity index (χ2v) is 5.32. The van der Waals surface area contributed by atoms with E-state index in [9.17, 15) is 0 Å². The first kappa shape index (κ1) is 12.6. The lowest BCUT2D eigenvalue weighted by Gasteiger charge is -2.09. The standard InChI is InChI=1S/C13H21NS/c1-4-15-13-9-7-12(8-10-13)6-5-11-14(2)3/h7-10H,4-6,11H2,1-3H3. The fraction of sp³-hybridized carbons (Fsp3) is 0.538. The summed E-state index contributed by atoms with van der Waals surface area (Å²) in [5, 5.41) is 0. The molecule has 1 aromatic rings. The van der Waals surface area contributed by atoms with Gasteiger partial charge < -0.3 is 4.90 Å². The summed E-state index contributed by atoms with van der Waals surface area (Å²) in [6.45, 7) is 3.36. The molecule has 2 heteroatoms. The minimum Gasteiger partial charge on any atom is -0.309 e. The summed E-state index contributed by atoms with van der Waals surface area (Å²) in [5.74, 6) is 1.15. The minimum atomic E-state index is 1.15. The molecule has 1 rings (SSSR count). The van der Waals surface area contributed by atoms with Crippen LogP contribution in [-0.4, -0.2) is 31.3 Å². The Labute approximate surface area is 97.9 Å². The lowest BCUT2D eigenvalue weighted by Crippen LogP contribution is -2.13. The van der Waals surface area contributed by atoms with Crippen molar-refractivity contribution in [1.29, 1.82) is 0 Å². The number of hydrogen-bond acceptors (Lipinski definition) is 2. The Morgan fingerprint density at radius 2 is 1.80 bits per heavy atom. The Hall–Kier alpha value is -0.470. The molecule has 0 saturated carbocycles. The monoisotopic (exact) mass is 223 g/mol. The van der Waals surface area contributed by atoms with E-state index in [1.807, 2.05) is 11.8 Å². The third-order valence-corrected chi connectivity index (χ3v) is 3.20. The molecule has 1 aromatic carbocycles. The fourth-order valence-corrected chi connectivity index (χ4v) is 2.18. The zero-order valence-corrected chi connectivity index (χ0v) is 10.8. The van der Waals surface area contributed by atoms with Gasteiger partial charge in [0.2, 0.25) is 0 Å². The summed E-state index contributed by atoms with van der Waals surface area (Å²) in [5.41, 5.74) is 1.46. The van der Waals surface area contributed by atoms with Gasteiger partial charge >= 0.3 is 0 Å². The zero-order chi connectivity index (χ0) is 11.1. The van der Waals surface area contributed by atoms with Crippen LogP contribution in [0.3, 0.4) is 0 Å². The maximum atomic E-state index is 2.26. The minimum absolute atomic E-state index is 1.15. The van der Waals surface area contributed by atoms with Crippen LogP contribution in [0.5, 0.6) is 0 Å². The van der Waals surface area contributed by atoms with Crippen LogP contribution in [0.2, 0.25) is 0 Å². The van der Waals surface area contributed by atoms with Crippen molar-refractivity contribution in [3.05, 3.63) is 29.8 Å². The van der Waals surface area contributed by atoms with Gasteiger partial charge in [-0.3, -0.25) is 0 Å². The van der Waals surface area contributed by atoms with E-state index in [1.165, 1.54) is 29.8 Å². The highest BCUT2D eigenvalue weighted by molar-refractivity contribution is 7.99. The number of rotatable bonds is 6. The largest absolute Gasteiger partial charge is 0.309 e. The van der Waals surface area contributed by atoms with Gasteiger partial charge in [-0.1, -0.05) is 19.1 Å². The maximum absolute atomic E-state index is 2.26. The van der Waals surface area contributed by atoms with Crippen LogP contribution in [0.4, 0.5) is 0 Å². The molecule has 0 fully saturated rings. The summed E-state index contributed by atoms with van der Waals surface area (Å²) < 4.78 is 0. The highest BCUT2D eigenvalue weighted by Crippen LogP contribution is 2.18. The van der Waals surface area contributed by atoms with Crippen molar-refractivity contribution >= 4 is 11.8 Å². The summed E-state index contributed by atoms with van der Waals surface area (Å²) in [7, 11) is 4.25. The topological polar surface area (TPSA) is 3.24 Å². The highest BCUT2D eigenvalue weighted by atomic mass is 32.2. The van der Waals surface area contributed by atoms with Crippen LogP contribution >= 0.6 is 11.8 Å². The maximum Gasteiger partial charge on any atom is 0.00720 e. The van der Waals surface area contributed by atoms with Crippen LogP contribution in [0.15, 0.2) is 29.2 Å². The van der Waals surface area contributed by atoms with Crippen LogP contribution in [0, 0.1) is 0 Å². The third-order valence-electron chi connectivity index (χ3n) is 2.31. The van der Waals surface area contributed by atoms with Gasteiger partial charge in [0.25, 0.3) is 0 Å². The third kappa shape index (κ3) is 5.24. The summed E-state index contributed by atoms with van der Waals surface area (Å²) >= 11 is 1.90. The molecule has 0 atom stereocenters. The van der Waals surface area contributed by atoms with Crippen molar-refractivity contribution in [1.82, 2.24) is 4.90 Å². The van der Waals surface area contributed by atoms with E-state index in [4.69, 9.17) is 0 Å². The Morgan fingerprint density at radius 1 is 1.13 bits per heavy atom. The van der Waals surface area contributed by atoms with Crippen LogP contribution in [0.1, 0.15) is 18.9 Å². The van der Waals surface area contributed by atoms with Gasteiger partial charge in [0.05, 0.1) is 0 Å². The molecule has 0 aliphatic heterocycles. The molecule has 1 nitrogen and oxygen atoms in total. The SMILES string of the molecule is CCSc1ccc(CCCN(C)C)cc1. The van der Waals surface area contributed by atoms with Gasteiger partial charge in [0.1, 0.15) is 0 Å². The summed E-state index contributed by atoms with van der Waals surface area (Å²) in [4.78, 5) is 3.62. The van der Waals surface area contributed by atoms with Gasteiger partial charge in [-0.2, -0.15) is 0 Å². The molecule has 0 spiro atoms. The van der Waals surface area contributed by atoms with Crippen molar-refractivity contribution in [3.63, 3.8) is 0 Å². The van der Waals surface area contributed by atoms with E-state index in [2.05, 4.69) is 50.2 Å². The van der Waals surface area contributed by atoms with E-state index < -0.39 is 0 Å². The smallest absolute Gasteiger partial charge is 0.00720 e. The fourth-order valence-electron chi connectivity index (χ4n) is 1.52. The molecular formula is C13H21NS. The zero-order valence-electron chi connectivity index (χ0n) is 9.99. The van der Waals surface area contributed by atoms with E-state index in [1.54, 1.807) is 0 Å². The second kappa shape index (κ2) is 6.91. The molecule has 0 amide bonds. The Kier molecular flexibility index (Phi) is 5.81. The number of thioether (sulfide) groups is 1. The first-order valence-corrected chi connectivity index (χ1v) is 6.57. The normalized spacial score (nSPS) is 10.9. The molecule has 15 heavy (non-hydrogen) atoms. The highest BCUT2D eigenvalue weighted by Gasteiger charge is 1.96. The van der Waals surface area contributed by atoms with Gasteiger partial charge in [-0.05, 0) is 56.9 Å². The van der Waals surface area contributed by atoms with Crippen LogP contribution in [0.25, 0.3) is 0 Å². The van der Waals surface area contributed by atoms with Crippen LogP contribution < -0.4 is 0 Å². The first-order valence-electron chi connectivity index (χ1n) is 5.59. The molecule has 0 bridgehead atoms. The molecule has 0 radical (unpaired) electrons. The van der Waals surface area contributed by atoms with Gasteiger partial charge in [-0.25, -0.2) is 0 Å². The van der Waals surface area contributed by atoms with Gasteiger partial charge in [0, 0.05) is 4.90 Å². The van der Waals surface area contributed by atoms with E-state index in [0.29, 0.717) is 0 Å². The molecule has 0 aliphatic rings. The van der Waals surface area contributed by atoms with E-state index in [-0.39, 0.29) is 0 Å². The lowest BCUT2D eigenvalue weighted by atomic mass is 10.1. The predicted molar refractivity (Wildman–Crippen MR) is 69.7 cm³/mol. The molecule has 0 N–H and O–H groups in total. The van der Waals surface area contributed by atoms with Crippen molar-refractivity contribution in [3.8, 4) is 0 Å².